The van der Waals surface area contributed by atoms with Gasteiger partial charge in [0.2, 0.25) is 5.91 Å². The molecule has 0 N–H and O–H groups in total. The smallest absolute Gasteiger partial charge is 0.338 e. The van der Waals surface area contributed by atoms with Gasteiger partial charge in [0.1, 0.15) is 6.61 Å². The molecule has 1 heterocycles. The van der Waals surface area contributed by atoms with Crippen LogP contribution in [-0.4, -0.2) is 18.4 Å². The summed E-state index contributed by atoms with van der Waals surface area (Å²) in [5.41, 5.74) is 2.22. The topological polar surface area (TPSA) is 70.4 Å². The zero-order chi connectivity index (χ0) is 17.8. The van der Waals surface area contributed by atoms with E-state index in [4.69, 9.17) is 21.6 Å². The molecule has 5 nitrogen and oxygen atoms in total. The quantitative estimate of drug-likeness (QED) is 0.785. The highest BCUT2D eigenvalue weighted by atomic mass is 35.5. The van der Waals surface area contributed by atoms with Gasteiger partial charge < -0.3 is 9.64 Å². The molecule has 126 valence electrons. The highest BCUT2D eigenvalue weighted by Gasteiger charge is 2.24. The van der Waals surface area contributed by atoms with Gasteiger partial charge >= 0.3 is 5.97 Å². The monoisotopic (exact) mass is 354 g/mol. The normalized spacial score (nSPS) is 13.6. The third kappa shape index (κ3) is 3.81. The molecule has 0 aliphatic carbocycles. The van der Waals surface area contributed by atoms with Crippen molar-refractivity contribution in [3.8, 4) is 6.07 Å². The van der Waals surface area contributed by atoms with Gasteiger partial charge in [0.25, 0.3) is 0 Å². The lowest BCUT2D eigenvalue weighted by Crippen LogP contribution is -2.24. The van der Waals surface area contributed by atoms with E-state index in [0.717, 1.165) is 12.0 Å². The van der Waals surface area contributed by atoms with E-state index in [9.17, 15) is 9.59 Å². The molecule has 1 amide bonds. The summed E-state index contributed by atoms with van der Waals surface area (Å²) in [5.74, 6) is -0.487. The van der Waals surface area contributed by atoms with Crippen LogP contribution >= 0.6 is 11.6 Å². The molecule has 3 rings (SSSR count). The number of amides is 1. The summed E-state index contributed by atoms with van der Waals surface area (Å²) in [6.07, 6.45) is 1.27. The predicted molar refractivity (Wildman–Crippen MR) is 93.3 cm³/mol. The molecule has 6 heteroatoms. The minimum absolute atomic E-state index is 0.00463. The molecule has 0 atom stereocenters. The molecule has 2 aromatic carbocycles. The Balaban J connectivity index is 1.71. The van der Waals surface area contributed by atoms with Gasteiger partial charge in [-0.05, 0) is 42.3 Å². The molecular formula is C19H15ClN2O3. The van der Waals surface area contributed by atoms with E-state index < -0.39 is 5.97 Å². The second-order valence-corrected chi connectivity index (χ2v) is 6.11. The molecule has 0 unspecified atom stereocenters. The fraction of sp³-hybridized carbons (Fsp3) is 0.211. The Bertz CT molecular complexity index is 856. The molecule has 0 spiro atoms. The number of benzene rings is 2. The Hall–Kier alpha value is -2.84. The van der Waals surface area contributed by atoms with Gasteiger partial charge in [0.15, 0.2) is 0 Å². The fourth-order valence-corrected chi connectivity index (χ4v) is 2.88. The van der Waals surface area contributed by atoms with E-state index in [0.29, 0.717) is 34.8 Å². The highest BCUT2D eigenvalue weighted by molar-refractivity contribution is 6.34. The first kappa shape index (κ1) is 17.0. The second kappa shape index (κ2) is 7.37. The molecule has 2 aromatic rings. The summed E-state index contributed by atoms with van der Waals surface area (Å²) in [5, 5.41) is 9.21. The minimum Gasteiger partial charge on any atom is -0.457 e. The molecule has 25 heavy (non-hydrogen) atoms. The van der Waals surface area contributed by atoms with Crippen LogP contribution < -0.4 is 4.90 Å². The summed E-state index contributed by atoms with van der Waals surface area (Å²) in [7, 11) is 0. The highest BCUT2D eigenvalue weighted by Crippen LogP contribution is 2.30. The van der Waals surface area contributed by atoms with Crippen molar-refractivity contribution in [2.24, 2.45) is 0 Å². The first-order valence-electron chi connectivity index (χ1n) is 7.84. The van der Waals surface area contributed by atoms with Gasteiger partial charge in [-0.1, -0.05) is 23.7 Å². The molecule has 0 aromatic heterocycles. The van der Waals surface area contributed by atoms with E-state index in [1.807, 2.05) is 6.07 Å². The summed E-state index contributed by atoms with van der Waals surface area (Å²) in [6.45, 7) is 0.702. The van der Waals surface area contributed by atoms with E-state index in [1.165, 1.54) is 0 Å². The van der Waals surface area contributed by atoms with Crippen LogP contribution in [0.25, 0.3) is 0 Å². The number of nitriles is 1. The van der Waals surface area contributed by atoms with Crippen LogP contribution in [0.5, 0.6) is 0 Å². The maximum atomic E-state index is 12.3. The first-order chi connectivity index (χ1) is 12.1. The number of hydrogen-bond donors (Lipinski definition) is 0. The molecule has 1 aliphatic heterocycles. The Labute approximate surface area is 150 Å². The predicted octanol–water partition coefficient (Wildman–Crippen LogP) is 3.70. The van der Waals surface area contributed by atoms with Crippen molar-refractivity contribution in [1.29, 1.82) is 5.26 Å². The van der Waals surface area contributed by atoms with Gasteiger partial charge in [-0.15, -0.1) is 0 Å². The summed E-state index contributed by atoms with van der Waals surface area (Å²) in [6, 6.07) is 13.6. The number of carbonyl (C=O) groups is 2. The molecule has 1 aliphatic rings. The van der Waals surface area contributed by atoms with Gasteiger partial charge in [0, 0.05) is 13.0 Å². The number of carbonyl (C=O) groups excluding carboxylic acids is 2. The summed E-state index contributed by atoms with van der Waals surface area (Å²) in [4.78, 5) is 25.8. The maximum absolute atomic E-state index is 12.3. The van der Waals surface area contributed by atoms with Gasteiger partial charge in [-0.3, -0.25) is 4.79 Å². The molecule has 1 saturated heterocycles. The number of esters is 1. The third-order valence-corrected chi connectivity index (χ3v) is 4.32. The fourth-order valence-electron chi connectivity index (χ4n) is 2.66. The van der Waals surface area contributed by atoms with Crippen molar-refractivity contribution < 1.29 is 14.3 Å². The lowest BCUT2D eigenvalue weighted by Gasteiger charge is -2.18. The molecule has 0 radical (unpaired) electrons. The summed E-state index contributed by atoms with van der Waals surface area (Å²) >= 11 is 6.18. The maximum Gasteiger partial charge on any atom is 0.338 e. The Morgan fingerprint density at radius 3 is 2.64 bits per heavy atom. The zero-order valence-electron chi connectivity index (χ0n) is 13.4. The van der Waals surface area contributed by atoms with E-state index >= 15 is 0 Å². The van der Waals surface area contributed by atoms with Crippen LogP contribution in [0.3, 0.4) is 0 Å². The number of nitrogens with zero attached hydrogens (tertiary/aromatic N) is 2. The van der Waals surface area contributed by atoms with Gasteiger partial charge in [-0.25, -0.2) is 4.79 Å². The van der Waals surface area contributed by atoms with Crippen LogP contribution in [0.4, 0.5) is 5.69 Å². The van der Waals surface area contributed by atoms with E-state index in [2.05, 4.69) is 0 Å². The number of halogens is 1. The van der Waals surface area contributed by atoms with Crippen molar-refractivity contribution in [3.63, 3.8) is 0 Å². The average Bonchev–Trinajstić information content (AvgIpc) is 3.06. The van der Waals surface area contributed by atoms with E-state index in [-0.39, 0.29) is 12.5 Å². The Morgan fingerprint density at radius 2 is 2.00 bits per heavy atom. The van der Waals surface area contributed by atoms with Gasteiger partial charge in [-0.2, -0.15) is 5.26 Å². The zero-order valence-corrected chi connectivity index (χ0v) is 14.1. The molecule has 0 bridgehead atoms. The third-order valence-electron chi connectivity index (χ3n) is 4.00. The van der Waals surface area contributed by atoms with Crippen LogP contribution in [0.15, 0.2) is 42.5 Å². The largest absolute Gasteiger partial charge is 0.457 e. The first-order valence-corrected chi connectivity index (χ1v) is 8.22. The molecule has 1 fully saturated rings. The van der Waals surface area contributed by atoms with E-state index in [1.54, 1.807) is 47.4 Å². The van der Waals surface area contributed by atoms with Crippen LogP contribution in [0, 0.1) is 11.3 Å². The second-order valence-electron chi connectivity index (χ2n) is 5.70. The van der Waals surface area contributed by atoms with Crippen molar-refractivity contribution >= 4 is 29.2 Å². The summed E-state index contributed by atoms with van der Waals surface area (Å²) < 4.78 is 5.30. The number of ether oxygens (including phenoxy) is 1. The number of hydrogen-bond acceptors (Lipinski definition) is 4. The SMILES string of the molecule is N#Cc1ccc(COC(=O)c2ccc(Cl)c(N3CCCC3=O)c2)cc1. The van der Waals surface area contributed by atoms with Crippen molar-refractivity contribution in [3.05, 3.63) is 64.2 Å². The van der Waals surface area contributed by atoms with Crippen LogP contribution in [-0.2, 0) is 16.1 Å². The average molecular weight is 355 g/mol. The van der Waals surface area contributed by atoms with Crippen molar-refractivity contribution in [1.82, 2.24) is 0 Å². The molecule has 0 saturated carbocycles. The van der Waals surface area contributed by atoms with Crippen molar-refractivity contribution in [2.45, 2.75) is 19.4 Å². The van der Waals surface area contributed by atoms with Crippen LogP contribution in [0.2, 0.25) is 5.02 Å². The van der Waals surface area contributed by atoms with Gasteiger partial charge in [0.05, 0.1) is 27.9 Å². The lowest BCUT2D eigenvalue weighted by atomic mass is 10.1. The number of rotatable bonds is 4. The minimum atomic E-state index is -0.492. The van der Waals surface area contributed by atoms with Crippen LogP contribution in [0.1, 0.15) is 34.3 Å². The Morgan fingerprint density at radius 1 is 1.24 bits per heavy atom. The Kier molecular flexibility index (Phi) is 5.01. The standard InChI is InChI=1S/C19H15ClN2O3/c20-16-8-7-15(10-17(16)22-9-1-2-18(22)23)19(24)25-12-14-5-3-13(11-21)4-6-14/h3-8,10H,1-2,9,12H2. The van der Waals surface area contributed by atoms with Crippen molar-refractivity contribution in [2.75, 3.05) is 11.4 Å². The lowest BCUT2D eigenvalue weighted by molar-refractivity contribution is -0.117. The molecular weight excluding hydrogens is 340 g/mol. The number of anilines is 1.